The Labute approximate surface area is 228 Å². The molecule has 4 heterocycles. The van der Waals surface area contributed by atoms with Crippen molar-refractivity contribution in [3.05, 3.63) is 69.3 Å². The highest BCUT2D eigenvalue weighted by atomic mass is 32.3. The number of hydrogen-bond acceptors (Lipinski definition) is 12. The number of carbonyl (C=O) groups is 2. The standard InChI is InChI=1S/C20H10O2S10/c1-23-13-14(24-2)28-17(27-13)18-31-19-20(32-18)30-16(29-19)15-25-11-5-7-8(6-12(11)26-15)10(22)4-3-9(7)21/h3-6H,1-2H3. The first-order valence-electron chi connectivity index (χ1n) is 8.96. The van der Waals surface area contributed by atoms with Gasteiger partial charge in [-0.2, -0.15) is 0 Å². The van der Waals surface area contributed by atoms with Gasteiger partial charge in [-0.15, -0.1) is 23.5 Å². The van der Waals surface area contributed by atoms with E-state index in [0.29, 0.717) is 11.1 Å². The Bertz CT molecular complexity index is 1190. The maximum atomic E-state index is 12.2. The summed E-state index contributed by atoms with van der Waals surface area (Å²) in [6, 6.07) is 3.79. The summed E-state index contributed by atoms with van der Waals surface area (Å²) in [5.41, 5.74) is 1.06. The second kappa shape index (κ2) is 9.33. The Kier molecular flexibility index (Phi) is 6.76. The van der Waals surface area contributed by atoms with Crippen molar-refractivity contribution in [3.8, 4) is 0 Å². The largest absolute Gasteiger partial charge is 0.289 e. The topological polar surface area (TPSA) is 34.1 Å². The molecule has 5 aliphatic rings. The summed E-state index contributed by atoms with van der Waals surface area (Å²) in [6.07, 6.45) is 7.05. The van der Waals surface area contributed by atoms with E-state index < -0.39 is 0 Å². The molecule has 12 heteroatoms. The molecule has 4 aliphatic heterocycles. The molecule has 162 valence electrons. The average Bonchev–Trinajstić information content (AvgIpc) is 3.55. The van der Waals surface area contributed by atoms with Crippen LogP contribution in [-0.2, 0) is 0 Å². The summed E-state index contributed by atoms with van der Waals surface area (Å²) in [4.78, 5) is 26.6. The fraction of sp³-hybridized carbons (Fsp3) is 0.100. The minimum atomic E-state index is -0.0841. The first-order valence-corrected chi connectivity index (χ1v) is 17.9. The highest BCUT2D eigenvalue weighted by Gasteiger charge is 2.37. The second-order valence-corrected chi connectivity index (χ2v) is 18.4. The maximum absolute atomic E-state index is 12.2. The zero-order valence-electron chi connectivity index (χ0n) is 16.2. The van der Waals surface area contributed by atoms with Gasteiger partial charge < -0.3 is 0 Å². The van der Waals surface area contributed by atoms with Gasteiger partial charge in [-0.3, -0.25) is 9.59 Å². The van der Waals surface area contributed by atoms with E-state index in [0.717, 1.165) is 9.79 Å². The van der Waals surface area contributed by atoms with Gasteiger partial charge in [0.25, 0.3) is 0 Å². The van der Waals surface area contributed by atoms with E-state index >= 15 is 0 Å². The molecule has 0 amide bonds. The fourth-order valence-corrected chi connectivity index (χ4v) is 17.6. The molecular formula is C20H10O2S10. The van der Waals surface area contributed by atoms with Gasteiger partial charge in [0, 0.05) is 20.9 Å². The van der Waals surface area contributed by atoms with Crippen LogP contribution in [0.2, 0.25) is 0 Å². The number of fused-ring (bicyclic) bond motifs is 2. The number of thioether (sulfide) groups is 10. The molecule has 2 nitrogen and oxygen atoms in total. The fourth-order valence-electron chi connectivity index (χ4n) is 3.12. The molecule has 0 radical (unpaired) electrons. The van der Waals surface area contributed by atoms with Crippen molar-refractivity contribution in [2.45, 2.75) is 9.79 Å². The molecule has 0 spiro atoms. The molecule has 1 aromatic rings. The van der Waals surface area contributed by atoms with Crippen molar-refractivity contribution in [2.75, 3.05) is 12.5 Å². The third-order valence-corrected chi connectivity index (χ3v) is 19.0. The van der Waals surface area contributed by atoms with Crippen LogP contribution >= 0.6 is 118 Å². The Morgan fingerprint density at radius 3 is 1.25 bits per heavy atom. The van der Waals surface area contributed by atoms with E-state index in [4.69, 9.17) is 0 Å². The van der Waals surface area contributed by atoms with E-state index in [1.54, 1.807) is 23.5 Å². The van der Waals surface area contributed by atoms with Crippen LogP contribution in [0.15, 0.2) is 68.0 Å². The highest BCUT2D eigenvalue weighted by Crippen LogP contribution is 2.72. The molecule has 0 fully saturated rings. The van der Waals surface area contributed by atoms with Crippen LogP contribution in [0.1, 0.15) is 20.7 Å². The molecule has 0 aromatic heterocycles. The third-order valence-electron chi connectivity index (χ3n) is 4.56. The van der Waals surface area contributed by atoms with Crippen molar-refractivity contribution in [1.29, 1.82) is 0 Å². The monoisotopic (exact) mass is 602 g/mol. The smallest absolute Gasteiger partial charge is 0.186 e. The predicted molar refractivity (Wildman–Crippen MR) is 157 cm³/mol. The van der Waals surface area contributed by atoms with Gasteiger partial charge in [-0.1, -0.05) is 94.1 Å². The summed E-state index contributed by atoms with van der Waals surface area (Å²) in [7, 11) is 0. The summed E-state index contributed by atoms with van der Waals surface area (Å²) in [6.45, 7) is 0. The normalized spacial score (nSPS) is 22.1. The molecule has 6 rings (SSSR count). The molecular weight excluding hydrogens is 593 g/mol. The van der Waals surface area contributed by atoms with Crippen LogP contribution in [0, 0.1) is 0 Å². The van der Waals surface area contributed by atoms with Crippen LogP contribution in [0.3, 0.4) is 0 Å². The van der Waals surface area contributed by atoms with Gasteiger partial charge >= 0.3 is 0 Å². The first-order chi connectivity index (χ1) is 15.5. The summed E-state index contributed by atoms with van der Waals surface area (Å²) in [5.74, 6) is -0.168. The quantitative estimate of drug-likeness (QED) is 0.323. The lowest BCUT2D eigenvalue weighted by Gasteiger charge is -2.10. The number of allylic oxidation sites excluding steroid dienone is 2. The molecule has 0 atom stereocenters. The lowest BCUT2D eigenvalue weighted by molar-refractivity contribution is 0.0993. The van der Waals surface area contributed by atoms with E-state index in [2.05, 4.69) is 12.5 Å². The lowest BCUT2D eigenvalue weighted by atomic mass is 9.95. The lowest BCUT2D eigenvalue weighted by Crippen LogP contribution is -2.11. The second-order valence-electron chi connectivity index (χ2n) is 6.43. The van der Waals surface area contributed by atoms with Crippen LogP contribution in [0.4, 0.5) is 0 Å². The van der Waals surface area contributed by atoms with E-state index in [1.165, 1.54) is 46.0 Å². The van der Waals surface area contributed by atoms with Gasteiger partial charge in [0.1, 0.15) is 0 Å². The van der Waals surface area contributed by atoms with Crippen molar-refractivity contribution >= 4 is 129 Å². The zero-order chi connectivity index (χ0) is 22.0. The summed E-state index contributed by atoms with van der Waals surface area (Å²) in [5, 5.41) is 0. The molecule has 1 aromatic carbocycles. The van der Waals surface area contributed by atoms with Crippen molar-refractivity contribution in [1.82, 2.24) is 0 Å². The van der Waals surface area contributed by atoms with Crippen LogP contribution in [0.25, 0.3) is 0 Å². The first kappa shape index (κ1) is 23.2. The van der Waals surface area contributed by atoms with Crippen LogP contribution in [-0.4, -0.2) is 24.1 Å². The third kappa shape index (κ3) is 4.08. The van der Waals surface area contributed by atoms with Gasteiger partial charge in [0.2, 0.25) is 0 Å². The molecule has 1 aliphatic carbocycles. The number of carbonyl (C=O) groups excluding carboxylic acids is 2. The van der Waals surface area contributed by atoms with Gasteiger partial charge in [0.05, 0.1) is 33.9 Å². The van der Waals surface area contributed by atoms with Crippen molar-refractivity contribution in [2.24, 2.45) is 0 Å². The number of benzene rings is 1. The SMILES string of the molecule is CSC1=C(SC)SC(=C2SC3=C(S2)SC(=C2Sc4cc5c(cc4S2)C(=O)C=CC5=O)S3)S1. The minimum Gasteiger partial charge on any atom is -0.289 e. The molecule has 0 unspecified atom stereocenters. The Morgan fingerprint density at radius 1 is 0.531 bits per heavy atom. The van der Waals surface area contributed by atoms with Crippen molar-refractivity contribution < 1.29 is 9.59 Å². The Morgan fingerprint density at radius 2 is 0.875 bits per heavy atom. The number of ketones is 2. The van der Waals surface area contributed by atoms with E-state index in [-0.39, 0.29) is 11.6 Å². The zero-order valence-corrected chi connectivity index (χ0v) is 24.4. The van der Waals surface area contributed by atoms with Crippen LogP contribution in [0.5, 0.6) is 0 Å². The molecule has 0 saturated heterocycles. The number of rotatable bonds is 2. The number of hydrogen-bond donors (Lipinski definition) is 0. The Hall–Kier alpha value is 0.760. The molecule has 32 heavy (non-hydrogen) atoms. The van der Waals surface area contributed by atoms with Crippen LogP contribution < -0.4 is 0 Å². The van der Waals surface area contributed by atoms with E-state index in [1.807, 2.05) is 106 Å². The molecule has 0 N–H and O–H groups in total. The molecule has 0 saturated carbocycles. The Balaban J connectivity index is 1.19. The van der Waals surface area contributed by atoms with Gasteiger partial charge in [-0.05, 0) is 36.8 Å². The maximum Gasteiger partial charge on any atom is 0.186 e. The predicted octanol–water partition coefficient (Wildman–Crippen LogP) is 9.49. The highest BCUT2D eigenvalue weighted by molar-refractivity contribution is 8.50. The summed E-state index contributed by atoms with van der Waals surface area (Å²) >= 11 is 18.4. The van der Waals surface area contributed by atoms with E-state index in [9.17, 15) is 9.59 Å². The minimum absolute atomic E-state index is 0.0841. The average molecular weight is 603 g/mol. The van der Waals surface area contributed by atoms with Gasteiger partial charge in [0.15, 0.2) is 11.6 Å². The summed E-state index contributed by atoms with van der Waals surface area (Å²) < 4.78 is 10.9. The van der Waals surface area contributed by atoms with Crippen molar-refractivity contribution in [3.63, 3.8) is 0 Å². The van der Waals surface area contributed by atoms with Gasteiger partial charge in [-0.25, -0.2) is 0 Å². The molecule has 0 bridgehead atoms.